The minimum atomic E-state index is -0.0397. The fraction of sp³-hybridized carbons (Fsp3) is 0.471. The van der Waals surface area contributed by atoms with Crippen LogP contribution in [0.15, 0.2) is 34.9 Å². The molecular weight excluding hydrogens is 278 g/mol. The number of carbonyl (C=O) groups excluding carboxylic acids is 1. The van der Waals surface area contributed by atoms with E-state index in [9.17, 15) is 4.79 Å². The highest BCUT2D eigenvalue weighted by Gasteiger charge is 2.27. The van der Waals surface area contributed by atoms with E-state index in [4.69, 9.17) is 4.42 Å². The molecule has 1 saturated heterocycles. The number of rotatable bonds is 4. The van der Waals surface area contributed by atoms with Gasteiger partial charge >= 0.3 is 0 Å². The zero-order chi connectivity index (χ0) is 15.5. The van der Waals surface area contributed by atoms with E-state index in [1.807, 2.05) is 29.8 Å². The van der Waals surface area contributed by atoms with E-state index >= 15 is 0 Å². The smallest absolute Gasteiger partial charge is 0.267 e. The number of nitrogens with zero attached hydrogens (tertiary/aromatic N) is 2. The third-order valence-electron chi connectivity index (χ3n) is 4.51. The SMILES string of the molecule is CNC(=O)c1ccc(C2CCCCN2Cc2ccco2)n1C. The summed E-state index contributed by atoms with van der Waals surface area (Å²) in [6.07, 6.45) is 5.27. The standard InChI is InChI=1S/C17H23N3O2/c1-18-17(21)16-9-8-14(19(16)2)15-7-3-4-10-20(15)12-13-6-5-11-22-13/h5-6,8-9,11,15H,3-4,7,10,12H2,1-2H3,(H,18,21). The maximum atomic E-state index is 11.9. The van der Waals surface area contributed by atoms with E-state index in [1.165, 1.54) is 18.5 Å². The molecule has 0 aliphatic carbocycles. The number of hydrogen-bond acceptors (Lipinski definition) is 3. The Hall–Kier alpha value is -2.01. The molecule has 118 valence electrons. The van der Waals surface area contributed by atoms with Crippen LogP contribution in [0.5, 0.6) is 0 Å². The Labute approximate surface area is 130 Å². The third kappa shape index (κ3) is 2.81. The Kier molecular flexibility index (Phi) is 4.34. The van der Waals surface area contributed by atoms with Crippen molar-refractivity contribution in [3.05, 3.63) is 47.7 Å². The molecule has 1 amide bonds. The lowest BCUT2D eigenvalue weighted by Crippen LogP contribution is -2.34. The van der Waals surface area contributed by atoms with E-state index in [-0.39, 0.29) is 5.91 Å². The second kappa shape index (κ2) is 6.40. The summed E-state index contributed by atoms with van der Waals surface area (Å²) in [5.74, 6) is 0.953. The second-order valence-electron chi connectivity index (χ2n) is 5.84. The number of aromatic nitrogens is 1. The van der Waals surface area contributed by atoms with Crippen LogP contribution in [0.4, 0.5) is 0 Å². The fourth-order valence-electron chi connectivity index (χ4n) is 3.34. The maximum absolute atomic E-state index is 11.9. The minimum absolute atomic E-state index is 0.0397. The minimum Gasteiger partial charge on any atom is -0.468 e. The van der Waals surface area contributed by atoms with Gasteiger partial charge in [-0.2, -0.15) is 0 Å². The van der Waals surface area contributed by atoms with Gasteiger partial charge in [-0.1, -0.05) is 6.42 Å². The summed E-state index contributed by atoms with van der Waals surface area (Å²) in [6.45, 7) is 1.88. The van der Waals surface area contributed by atoms with Crippen LogP contribution in [0.1, 0.15) is 47.2 Å². The molecule has 1 atom stereocenters. The Morgan fingerprint density at radius 3 is 2.95 bits per heavy atom. The molecule has 2 aromatic heterocycles. The van der Waals surface area contributed by atoms with Crippen molar-refractivity contribution in [2.75, 3.05) is 13.6 Å². The predicted molar refractivity (Wildman–Crippen MR) is 84.5 cm³/mol. The van der Waals surface area contributed by atoms with Crippen LogP contribution < -0.4 is 5.32 Å². The van der Waals surface area contributed by atoms with Crippen LogP contribution in [0.3, 0.4) is 0 Å². The summed E-state index contributed by atoms with van der Waals surface area (Å²) in [5.41, 5.74) is 1.91. The molecule has 3 heterocycles. The number of carbonyl (C=O) groups is 1. The number of likely N-dealkylation sites (tertiary alicyclic amines) is 1. The van der Waals surface area contributed by atoms with Crippen molar-refractivity contribution in [3.63, 3.8) is 0 Å². The summed E-state index contributed by atoms with van der Waals surface area (Å²) in [7, 11) is 3.64. The number of hydrogen-bond donors (Lipinski definition) is 1. The summed E-state index contributed by atoms with van der Waals surface area (Å²) in [4.78, 5) is 14.4. The molecule has 0 bridgehead atoms. The van der Waals surface area contributed by atoms with Gasteiger partial charge in [0.15, 0.2) is 0 Å². The quantitative estimate of drug-likeness (QED) is 0.944. The van der Waals surface area contributed by atoms with Crippen LogP contribution in [-0.4, -0.2) is 29.0 Å². The first-order valence-electron chi connectivity index (χ1n) is 7.85. The lowest BCUT2D eigenvalue weighted by Gasteiger charge is -2.35. The van der Waals surface area contributed by atoms with Crippen molar-refractivity contribution in [2.45, 2.75) is 31.8 Å². The van der Waals surface area contributed by atoms with Gasteiger partial charge in [-0.05, 0) is 43.7 Å². The first-order valence-corrected chi connectivity index (χ1v) is 7.85. The topological polar surface area (TPSA) is 50.4 Å². The van der Waals surface area contributed by atoms with Crippen molar-refractivity contribution in [1.82, 2.24) is 14.8 Å². The van der Waals surface area contributed by atoms with E-state index in [1.54, 1.807) is 13.3 Å². The zero-order valence-corrected chi connectivity index (χ0v) is 13.2. The van der Waals surface area contributed by atoms with E-state index in [0.717, 1.165) is 25.3 Å². The Morgan fingerprint density at radius 1 is 1.36 bits per heavy atom. The molecule has 1 unspecified atom stereocenters. The van der Waals surface area contributed by atoms with Crippen LogP contribution in [0, 0.1) is 0 Å². The lowest BCUT2D eigenvalue weighted by molar-refractivity contribution is 0.0951. The molecule has 0 radical (unpaired) electrons. The highest BCUT2D eigenvalue weighted by Crippen LogP contribution is 2.32. The normalized spacial score (nSPS) is 19.3. The van der Waals surface area contributed by atoms with Gasteiger partial charge < -0.3 is 14.3 Å². The number of piperidine rings is 1. The van der Waals surface area contributed by atoms with Crippen LogP contribution in [-0.2, 0) is 13.6 Å². The van der Waals surface area contributed by atoms with E-state index < -0.39 is 0 Å². The van der Waals surface area contributed by atoms with Gasteiger partial charge in [0.25, 0.3) is 5.91 Å². The number of amides is 1. The first kappa shape index (κ1) is 14.9. The number of furan rings is 1. The van der Waals surface area contributed by atoms with Crippen molar-refractivity contribution >= 4 is 5.91 Å². The zero-order valence-electron chi connectivity index (χ0n) is 13.2. The molecule has 1 aliphatic rings. The van der Waals surface area contributed by atoms with Crippen molar-refractivity contribution in [3.8, 4) is 0 Å². The first-order chi connectivity index (χ1) is 10.7. The molecule has 3 rings (SSSR count). The van der Waals surface area contributed by atoms with Gasteiger partial charge in [-0.15, -0.1) is 0 Å². The molecule has 22 heavy (non-hydrogen) atoms. The van der Waals surface area contributed by atoms with Gasteiger partial charge in [0, 0.05) is 19.8 Å². The van der Waals surface area contributed by atoms with E-state index in [0.29, 0.717) is 11.7 Å². The Bertz CT molecular complexity index is 630. The summed E-state index contributed by atoms with van der Waals surface area (Å²) < 4.78 is 7.52. The largest absolute Gasteiger partial charge is 0.468 e. The number of nitrogens with one attached hydrogen (secondary N) is 1. The molecular formula is C17H23N3O2. The summed E-state index contributed by atoms with van der Waals surface area (Å²) in [6, 6.07) is 8.28. The van der Waals surface area contributed by atoms with Crippen molar-refractivity contribution in [1.29, 1.82) is 0 Å². The molecule has 5 nitrogen and oxygen atoms in total. The van der Waals surface area contributed by atoms with Gasteiger partial charge in [-0.3, -0.25) is 9.69 Å². The predicted octanol–water partition coefficient (Wildman–Crippen LogP) is 2.70. The molecule has 5 heteroatoms. The summed E-state index contributed by atoms with van der Waals surface area (Å²) in [5, 5.41) is 2.70. The second-order valence-corrected chi connectivity index (χ2v) is 5.84. The molecule has 2 aromatic rings. The molecule has 1 aliphatic heterocycles. The third-order valence-corrected chi connectivity index (χ3v) is 4.51. The molecule has 0 saturated carbocycles. The molecule has 1 fully saturated rings. The van der Waals surface area contributed by atoms with Gasteiger partial charge in [0.05, 0.1) is 18.8 Å². The van der Waals surface area contributed by atoms with Crippen LogP contribution in [0.25, 0.3) is 0 Å². The molecule has 0 spiro atoms. The Morgan fingerprint density at radius 2 is 2.23 bits per heavy atom. The highest BCUT2D eigenvalue weighted by atomic mass is 16.3. The average Bonchev–Trinajstić information content (AvgIpc) is 3.17. The maximum Gasteiger partial charge on any atom is 0.267 e. The molecule has 0 aromatic carbocycles. The van der Waals surface area contributed by atoms with Gasteiger partial charge in [0.2, 0.25) is 0 Å². The molecule has 1 N–H and O–H groups in total. The van der Waals surface area contributed by atoms with Crippen molar-refractivity contribution in [2.24, 2.45) is 7.05 Å². The fourth-order valence-corrected chi connectivity index (χ4v) is 3.34. The van der Waals surface area contributed by atoms with Crippen molar-refractivity contribution < 1.29 is 9.21 Å². The summed E-state index contributed by atoms with van der Waals surface area (Å²) >= 11 is 0. The van der Waals surface area contributed by atoms with E-state index in [2.05, 4.69) is 16.3 Å². The van der Waals surface area contributed by atoms with Crippen LogP contribution in [0.2, 0.25) is 0 Å². The lowest BCUT2D eigenvalue weighted by atomic mass is 9.99. The highest BCUT2D eigenvalue weighted by molar-refractivity contribution is 5.92. The van der Waals surface area contributed by atoms with Crippen LogP contribution >= 0.6 is 0 Å². The average molecular weight is 301 g/mol. The monoisotopic (exact) mass is 301 g/mol. The van der Waals surface area contributed by atoms with Gasteiger partial charge in [0.1, 0.15) is 11.5 Å². The van der Waals surface area contributed by atoms with Gasteiger partial charge in [-0.25, -0.2) is 0 Å². The Balaban J connectivity index is 1.84.